The van der Waals surface area contributed by atoms with Crippen molar-refractivity contribution in [2.75, 3.05) is 79.9 Å². The minimum Gasteiger partial charge on any atom is -0.507 e. The van der Waals surface area contributed by atoms with E-state index in [1.807, 2.05) is 82.4 Å². The zero-order valence-corrected chi connectivity index (χ0v) is 45.4. The van der Waals surface area contributed by atoms with Crippen molar-refractivity contribution in [3.05, 3.63) is 95.9 Å². The van der Waals surface area contributed by atoms with Crippen LogP contribution in [0.3, 0.4) is 0 Å². The van der Waals surface area contributed by atoms with Gasteiger partial charge in [-0.2, -0.15) is 0 Å². The lowest BCUT2D eigenvalue weighted by molar-refractivity contribution is -0.141. The summed E-state index contributed by atoms with van der Waals surface area (Å²) in [6.07, 6.45) is 10.8. The number of amides is 2. The number of aryl methyl sites for hydroxylation is 1. The van der Waals surface area contributed by atoms with Crippen LogP contribution in [0.4, 0.5) is 23.0 Å². The summed E-state index contributed by atoms with van der Waals surface area (Å²) in [7, 11) is 1.64. The highest BCUT2D eigenvalue weighted by molar-refractivity contribution is 5.91. The predicted octanol–water partition coefficient (Wildman–Crippen LogP) is 7.52. The standard InChI is InChI=1S/C59H77N11O7/c1-36(2)56(59(73)69-35-47(74-5)29-51(69)58(72)62-38(4)40-12-10-37(3)11-13-40)53-31-54(65-77-53)67-24-17-39(18-25-67)32-66-22-19-44(20-23-66)75-45-27-46(28-45)76-55-26-41(16-21-61-55)70-42-14-15-43(70)34-68(33-42)50-30-49(63-64-57(50)60)48-8-6-7-9-52(48)71/h6-13,16,21,26,30-31,36,38-39,42-47,51,56,71H,14-15,17-20,22-25,27-29,32-35H2,1-5H3,(H2,60,64)(H,62,72)/t38-,42?,43?,45-,46-,47+,51-,56+/m0/s1. The minimum absolute atomic E-state index is 0.0732. The Morgan fingerprint density at radius 1 is 0.818 bits per heavy atom. The van der Waals surface area contributed by atoms with Crippen molar-refractivity contribution in [1.29, 1.82) is 0 Å². The lowest BCUT2D eigenvalue weighted by atomic mass is 9.91. The molecular formula is C59H77N11O7. The third-order valence-corrected chi connectivity index (χ3v) is 17.4. The number of phenols is 1. The third kappa shape index (κ3) is 11.6. The van der Waals surface area contributed by atoms with Crippen LogP contribution >= 0.6 is 0 Å². The van der Waals surface area contributed by atoms with Gasteiger partial charge in [0.2, 0.25) is 17.7 Å². The number of pyridine rings is 1. The van der Waals surface area contributed by atoms with Crippen molar-refractivity contribution < 1.29 is 33.4 Å². The number of aromatic hydroxyl groups is 1. The normalized spacial score (nSPS) is 25.0. The van der Waals surface area contributed by atoms with Gasteiger partial charge in [0.1, 0.15) is 23.8 Å². The van der Waals surface area contributed by atoms with Crippen molar-refractivity contribution in [2.45, 2.75) is 140 Å². The highest BCUT2D eigenvalue weighted by Gasteiger charge is 2.45. The van der Waals surface area contributed by atoms with Crippen LogP contribution in [0.25, 0.3) is 11.3 Å². The number of piperidine rings is 2. The molecule has 6 fully saturated rings. The molecule has 2 unspecified atom stereocenters. The molecule has 2 bridgehead atoms. The number of nitrogens with zero attached hydrogens (tertiary/aromatic N) is 9. The van der Waals surface area contributed by atoms with Gasteiger partial charge in [-0.25, -0.2) is 4.98 Å². The van der Waals surface area contributed by atoms with E-state index in [-0.39, 0.29) is 53.9 Å². The first-order valence-corrected chi connectivity index (χ1v) is 28.2. The number of likely N-dealkylation sites (tertiary alicyclic amines) is 2. The second kappa shape index (κ2) is 22.8. The lowest BCUT2D eigenvalue weighted by Gasteiger charge is -2.43. The molecule has 3 aromatic heterocycles. The predicted molar refractivity (Wildman–Crippen MR) is 295 cm³/mol. The van der Waals surface area contributed by atoms with Gasteiger partial charge in [-0.3, -0.25) is 9.59 Å². The molecule has 77 heavy (non-hydrogen) atoms. The van der Waals surface area contributed by atoms with Gasteiger partial charge in [0.15, 0.2) is 17.4 Å². The molecule has 5 aliphatic heterocycles. The number of nitrogen functional groups attached to an aromatic ring is 1. The lowest BCUT2D eigenvalue weighted by Crippen LogP contribution is -2.54. The zero-order chi connectivity index (χ0) is 53.3. The number of para-hydroxylation sites is 1. The number of methoxy groups -OCH3 is 1. The number of carbonyl (C=O) groups excluding carboxylic acids is 2. The van der Waals surface area contributed by atoms with Gasteiger partial charge in [0.05, 0.1) is 35.7 Å². The summed E-state index contributed by atoms with van der Waals surface area (Å²) in [5.41, 5.74) is 11.8. The van der Waals surface area contributed by atoms with E-state index in [9.17, 15) is 14.7 Å². The molecule has 8 heterocycles. The van der Waals surface area contributed by atoms with Gasteiger partial charge in [0.25, 0.3) is 0 Å². The molecule has 18 nitrogen and oxygen atoms in total. The van der Waals surface area contributed by atoms with E-state index >= 15 is 0 Å². The van der Waals surface area contributed by atoms with Crippen LogP contribution in [0.2, 0.25) is 0 Å². The van der Waals surface area contributed by atoms with E-state index in [1.165, 1.54) is 0 Å². The van der Waals surface area contributed by atoms with Crippen LogP contribution in [-0.4, -0.2) is 149 Å². The first-order chi connectivity index (χ1) is 37.3. The maximum absolute atomic E-state index is 14.4. The van der Waals surface area contributed by atoms with Crippen LogP contribution in [-0.2, 0) is 19.1 Å². The Kier molecular flexibility index (Phi) is 15.6. The average molecular weight is 1050 g/mol. The molecule has 410 valence electrons. The number of piperazine rings is 1. The third-order valence-electron chi connectivity index (χ3n) is 17.4. The number of nitrogens with one attached hydrogen (secondary N) is 1. The molecule has 1 aliphatic carbocycles. The Bertz CT molecular complexity index is 2810. The smallest absolute Gasteiger partial charge is 0.243 e. The first-order valence-electron chi connectivity index (χ1n) is 28.2. The van der Waals surface area contributed by atoms with Crippen LogP contribution < -0.4 is 30.5 Å². The SMILES string of the molecule is CO[C@@H]1C[C@@H](C(=O)N[C@@H](C)c2ccc(C)cc2)N(C(=O)[C@@H](c2cc(N3CCC(CN4CCC(O[C@H]5C[C@H](Oc6cc(N7C8CCC7CN(c7cc(-c9ccccc9O)nnc7N)C8)ccn6)C5)CC4)CC3)no2)C(C)C)C1. The summed E-state index contributed by atoms with van der Waals surface area (Å²) < 4.78 is 24.8. The maximum Gasteiger partial charge on any atom is 0.243 e. The van der Waals surface area contributed by atoms with E-state index in [2.05, 4.69) is 57.4 Å². The van der Waals surface area contributed by atoms with E-state index in [4.69, 9.17) is 24.5 Å². The van der Waals surface area contributed by atoms with Crippen LogP contribution in [0.1, 0.15) is 107 Å². The number of hydrogen-bond acceptors (Lipinski definition) is 16. The second-order valence-corrected chi connectivity index (χ2v) is 23.0. The van der Waals surface area contributed by atoms with Gasteiger partial charge < -0.3 is 59.4 Å². The summed E-state index contributed by atoms with van der Waals surface area (Å²) >= 11 is 0. The molecule has 1 saturated carbocycles. The number of anilines is 4. The van der Waals surface area contributed by atoms with Crippen molar-refractivity contribution in [1.82, 2.24) is 35.5 Å². The molecule has 5 saturated heterocycles. The molecule has 2 amide bonds. The van der Waals surface area contributed by atoms with Crippen molar-refractivity contribution in [2.24, 2.45) is 11.8 Å². The Morgan fingerprint density at radius 2 is 1.56 bits per heavy atom. The highest BCUT2D eigenvalue weighted by atomic mass is 16.5. The fraction of sp³-hybridized carbons (Fsp3) is 0.559. The number of benzene rings is 2. The van der Waals surface area contributed by atoms with Crippen molar-refractivity contribution in [3.8, 4) is 22.9 Å². The van der Waals surface area contributed by atoms with Crippen LogP contribution in [0.15, 0.2) is 83.5 Å². The number of nitrogens with two attached hydrogens (primary N) is 1. The zero-order valence-electron chi connectivity index (χ0n) is 45.4. The molecule has 4 N–H and O–H groups in total. The molecule has 18 heteroatoms. The monoisotopic (exact) mass is 1050 g/mol. The molecule has 0 spiro atoms. The first kappa shape index (κ1) is 52.5. The van der Waals surface area contributed by atoms with E-state index < -0.39 is 12.0 Å². The molecule has 6 aliphatic rings. The number of ether oxygens (including phenoxy) is 3. The van der Waals surface area contributed by atoms with Gasteiger partial charge in [0, 0.05) is 120 Å². The Morgan fingerprint density at radius 3 is 2.27 bits per heavy atom. The Labute approximate surface area is 452 Å². The summed E-state index contributed by atoms with van der Waals surface area (Å²) in [4.78, 5) is 44.3. The summed E-state index contributed by atoms with van der Waals surface area (Å²) in [6, 6.07) is 23.2. The number of aromatic nitrogens is 4. The summed E-state index contributed by atoms with van der Waals surface area (Å²) in [5, 5.41) is 26.7. The Balaban J connectivity index is 0.603. The second-order valence-electron chi connectivity index (χ2n) is 23.0. The van der Waals surface area contributed by atoms with Crippen molar-refractivity contribution in [3.63, 3.8) is 0 Å². The fourth-order valence-electron chi connectivity index (χ4n) is 12.9. The number of carbonyl (C=O) groups is 2. The summed E-state index contributed by atoms with van der Waals surface area (Å²) in [6.45, 7) is 15.0. The van der Waals surface area contributed by atoms with E-state index in [0.717, 1.165) is 125 Å². The summed E-state index contributed by atoms with van der Waals surface area (Å²) in [5.74, 6) is 2.17. The number of rotatable bonds is 17. The highest BCUT2D eigenvalue weighted by Crippen LogP contribution is 2.41. The average Bonchev–Trinajstić information content (AvgIpc) is 4.16. The van der Waals surface area contributed by atoms with Gasteiger partial charge in [-0.15, -0.1) is 10.2 Å². The van der Waals surface area contributed by atoms with Gasteiger partial charge >= 0.3 is 0 Å². The van der Waals surface area contributed by atoms with Crippen LogP contribution in [0, 0.1) is 18.8 Å². The minimum atomic E-state index is -0.642. The maximum atomic E-state index is 14.4. The quantitative estimate of drug-likeness (QED) is 0.0825. The molecule has 0 radical (unpaired) electrons. The Hall–Kier alpha value is -6.50. The molecule has 6 atom stereocenters. The molecule has 5 aromatic rings. The molecular weight excluding hydrogens is 975 g/mol. The van der Waals surface area contributed by atoms with Crippen LogP contribution in [0.5, 0.6) is 11.6 Å². The number of fused-ring (bicyclic) bond motifs is 2. The van der Waals surface area contributed by atoms with Crippen molar-refractivity contribution >= 4 is 34.8 Å². The molecule has 2 aromatic carbocycles. The topological polar surface area (TPSA) is 201 Å². The largest absolute Gasteiger partial charge is 0.507 e. The van der Waals surface area contributed by atoms with E-state index in [0.29, 0.717) is 59.7 Å². The molecule has 11 rings (SSSR count). The fourth-order valence-corrected chi connectivity index (χ4v) is 12.9. The van der Waals surface area contributed by atoms with Gasteiger partial charge in [-0.05, 0) is 94.0 Å². The number of phenolic OH excluding ortho intramolecular Hbond substituents is 1. The number of hydrogen-bond donors (Lipinski definition) is 3. The van der Waals surface area contributed by atoms with E-state index in [1.54, 1.807) is 24.1 Å². The van der Waals surface area contributed by atoms with Gasteiger partial charge in [-0.1, -0.05) is 61.0 Å².